The molecule has 3 nitrogen and oxygen atoms in total. The van der Waals surface area contributed by atoms with Crippen molar-refractivity contribution in [2.45, 2.75) is 24.3 Å². The van der Waals surface area contributed by atoms with Crippen LogP contribution in [-0.2, 0) is 22.3 Å². The topological polar surface area (TPSA) is 37.4 Å². The van der Waals surface area contributed by atoms with Crippen LogP contribution in [0.2, 0.25) is 10.0 Å². The highest BCUT2D eigenvalue weighted by atomic mass is 35.5. The summed E-state index contributed by atoms with van der Waals surface area (Å²) in [5, 5.41) is 1.10. The fraction of sp³-hybridized carbons (Fsp3) is 0.316. The Labute approximate surface area is 160 Å². The molecule has 2 aromatic carbocycles. The van der Waals surface area contributed by atoms with Gasteiger partial charge in [-0.25, -0.2) is 0 Å². The number of hydrogen-bond donors (Lipinski definition) is 0. The summed E-state index contributed by atoms with van der Waals surface area (Å²) in [6.45, 7) is 1.68. The minimum absolute atomic E-state index is 0.0816. The van der Waals surface area contributed by atoms with Crippen LogP contribution in [0.25, 0.3) is 0 Å². The van der Waals surface area contributed by atoms with E-state index in [2.05, 4.69) is 0 Å². The van der Waals surface area contributed by atoms with Crippen molar-refractivity contribution in [3.8, 4) is 0 Å². The summed E-state index contributed by atoms with van der Waals surface area (Å²) in [7, 11) is -1.08. The first-order valence-corrected chi connectivity index (χ1v) is 10.4. The van der Waals surface area contributed by atoms with Gasteiger partial charge in [0.2, 0.25) is 0 Å². The van der Waals surface area contributed by atoms with Gasteiger partial charge in [0.15, 0.2) is 0 Å². The Kier molecular flexibility index (Phi) is 6.15. The number of amides is 1. The molecule has 0 saturated carbocycles. The molecule has 1 amide bonds. The van der Waals surface area contributed by atoms with Gasteiger partial charge in [0.05, 0.1) is 5.75 Å². The zero-order valence-electron chi connectivity index (χ0n) is 13.7. The van der Waals surface area contributed by atoms with E-state index in [0.29, 0.717) is 27.1 Å². The lowest BCUT2D eigenvalue weighted by molar-refractivity contribution is 0.0793. The summed E-state index contributed by atoms with van der Waals surface area (Å²) in [6.07, 6.45) is 2.16. The van der Waals surface area contributed by atoms with Gasteiger partial charge < -0.3 is 4.90 Å². The minimum Gasteiger partial charge on any atom is -0.339 e. The van der Waals surface area contributed by atoms with E-state index in [0.717, 1.165) is 37.1 Å². The zero-order chi connectivity index (χ0) is 17.8. The molecule has 1 heterocycles. The van der Waals surface area contributed by atoms with Crippen LogP contribution >= 0.6 is 23.2 Å². The van der Waals surface area contributed by atoms with E-state index in [-0.39, 0.29) is 5.91 Å². The van der Waals surface area contributed by atoms with Crippen molar-refractivity contribution < 1.29 is 9.00 Å². The molecule has 1 aliphatic rings. The Hall–Kier alpha value is -1.36. The van der Waals surface area contributed by atoms with Gasteiger partial charge in [-0.2, -0.15) is 0 Å². The highest BCUT2D eigenvalue weighted by molar-refractivity contribution is 7.83. The van der Waals surface area contributed by atoms with E-state index in [1.54, 1.807) is 18.2 Å². The lowest BCUT2D eigenvalue weighted by Gasteiger charge is -2.15. The summed E-state index contributed by atoms with van der Waals surface area (Å²) in [5.74, 6) is 0.889. The third-order valence-electron chi connectivity index (χ3n) is 4.25. The van der Waals surface area contributed by atoms with Crippen LogP contribution < -0.4 is 0 Å². The lowest BCUT2D eigenvalue weighted by Crippen LogP contribution is -2.27. The van der Waals surface area contributed by atoms with Gasteiger partial charge in [-0.15, -0.1) is 0 Å². The molecule has 132 valence electrons. The van der Waals surface area contributed by atoms with Gasteiger partial charge in [0, 0.05) is 45.3 Å². The maximum Gasteiger partial charge on any atom is 0.253 e. The standard InChI is InChI=1S/C19H19Cl2NO2S/c20-17-8-7-16(18(21)11-17)13-25(24)12-14-3-5-15(6-4-14)19(23)22-9-1-2-10-22/h3-8,11H,1-2,9-10,12-13H2. The smallest absolute Gasteiger partial charge is 0.253 e. The minimum atomic E-state index is -1.08. The monoisotopic (exact) mass is 395 g/mol. The SMILES string of the molecule is O=C(c1ccc(CS(=O)Cc2ccc(Cl)cc2Cl)cc1)N1CCCC1. The summed E-state index contributed by atoms with van der Waals surface area (Å²) in [4.78, 5) is 14.2. The average molecular weight is 396 g/mol. The van der Waals surface area contributed by atoms with Crippen molar-refractivity contribution in [2.75, 3.05) is 13.1 Å². The Balaban J connectivity index is 1.60. The Morgan fingerprint density at radius 2 is 1.68 bits per heavy atom. The van der Waals surface area contributed by atoms with E-state index in [1.165, 1.54) is 0 Å². The zero-order valence-corrected chi connectivity index (χ0v) is 16.0. The largest absolute Gasteiger partial charge is 0.339 e. The van der Waals surface area contributed by atoms with Crippen LogP contribution in [0.15, 0.2) is 42.5 Å². The predicted molar refractivity (Wildman–Crippen MR) is 104 cm³/mol. The van der Waals surface area contributed by atoms with Gasteiger partial charge in [-0.1, -0.05) is 41.4 Å². The van der Waals surface area contributed by atoms with Crippen LogP contribution in [0.5, 0.6) is 0 Å². The van der Waals surface area contributed by atoms with Crippen LogP contribution in [0.4, 0.5) is 0 Å². The van der Waals surface area contributed by atoms with Crippen LogP contribution in [0.3, 0.4) is 0 Å². The third kappa shape index (κ3) is 4.84. The van der Waals surface area contributed by atoms with Crippen molar-refractivity contribution in [3.63, 3.8) is 0 Å². The van der Waals surface area contributed by atoms with Crippen molar-refractivity contribution >= 4 is 39.9 Å². The fourth-order valence-corrected chi connectivity index (χ4v) is 4.71. The molecule has 0 N–H and O–H groups in total. The first kappa shape index (κ1) is 18.4. The first-order chi connectivity index (χ1) is 12.0. The molecule has 1 fully saturated rings. The molecule has 0 spiro atoms. The Morgan fingerprint density at radius 1 is 1.00 bits per heavy atom. The maximum absolute atomic E-state index is 12.4. The molecular weight excluding hydrogens is 377 g/mol. The summed E-state index contributed by atoms with van der Waals surface area (Å²) in [5.41, 5.74) is 2.46. The molecule has 1 atom stereocenters. The van der Waals surface area contributed by atoms with Crippen molar-refractivity contribution in [2.24, 2.45) is 0 Å². The number of hydrogen-bond acceptors (Lipinski definition) is 2. The maximum atomic E-state index is 12.4. The molecule has 0 aliphatic carbocycles. The van der Waals surface area contributed by atoms with E-state index < -0.39 is 10.8 Å². The highest BCUT2D eigenvalue weighted by Gasteiger charge is 2.19. The second-order valence-electron chi connectivity index (χ2n) is 6.16. The molecule has 0 bridgehead atoms. The van der Waals surface area contributed by atoms with Crippen LogP contribution in [0, 0.1) is 0 Å². The Bertz CT molecular complexity index is 787. The molecule has 25 heavy (non-hydrogen) atoms. The van der Waals surface area contributed by atoms with Gasteiger partial charge in [-0.05, 0) is 48.2 Å². The number of halogens is 2. The van der Waals surface area contributed by atoms with Gasteiger partial charge in [0.1, 0.15) is 0 Å². The molecule has 0 aromatic heterocycles. The normalized spacial score (nSPS) is 15.4. The first-order valence-electron chi connectivity index (χ1n) is 8.20. The number of rotatable bonds is 5. The van der Waals surface area contributed by atoms with Gasteiger partial charge in [0.25, 0.3) is 5.91 Å². The quantitative estimate of drug-likeness (QED) is 0.736. The number of carbonyl (C=O) groups is 1. The third-order valence-corrected chi connectivity index (χ3v) is 6.13. The van der Waals surface area contributed by atoms with E-state index in [1.807, 2.05) is 29.2 Å². The molecular formula is C19H19Cl2NO2S. The molecule has 2 aromatic rings. The number of carbonyl (C=O) groups excluding carboxylic acids is 1. The highest BCUT2D eigenvalue weighted by Crippen LogP contribution is 2.23. The molecule has 3 rings (SSSR count). The van der Waals surface area contributed by atoms with E-state index in [9.17, 15) is 9.00 Å². The molecule has 1 saturated heterocycles. The van der Waals surface area contributed by atoms with Crippen LogP contribution in [-0.4, -0.2) is 28.1 Å². The molecule has 1 aliphatic heterocycles. The predicted octanol–water partition coefficient (Wildman–Crippen LogP) is 4.68. The van der Waals surface area contributed by atoms with Gasteiger partial charge >= 0.3 is 0 Å². The molecule has 1 unspecified atom stereocenters. The van der Waals surface area contributed by atoms with Crippen LogP contribution in [0.1, 0.15) is 34.3 Å². The average Bonchev–Trinajstić information content (AvgIpc) is 3.12. The van der Waals surface area contributed by atoms with Crippen molar-refractivity contribution in [1.82, 2.24) is 4.90 Å². The second-order valence-corrected chi connectivity index (χ2v) is 8.46. The Morgan fingerprint density at radius 3 is 2.32 bits per heavy atom. The number of benzene rings is 2. The fourth-order valence-electron chi connectivity index (χ4n) is 2.90. The van der Waals surface area contributed by atoms with E-state index in [4.69, 9.17) is 23.2 Å². The second kappa shape index (κ2) is 8.35. The molecule has 0 radical (unpaired) electrons. The summed E-state index contributed by atoms with van der Waals surface area (Å²) < 4.78 is 12.4. The van der Waals surface area contributed by atoms with Gasteiger partial charge in [-0.3, -0.25) is 9.00 Å². The molecule has 6 heteroatoms. The lowest BCUT2D eigenvalue weighted by atomic mass is 10.1. The van der Waals surface area contributed by atoms with Crippen molar-refractivity contribution in [1.29, 1.82) is 0 Å². The summed E-state index contributed by atoms with van der Waals surface area (Å²) in [6, 6.07) is 12.6. The summed E-state index contributed by atoms with van der Waals surface area (Å²) >= 11 is 12.0. The number of nitrogens with zero attached hydrogens (tertiary/aromatic N) is 1. The van der Waals surface area contributed by atoms with E-state index >= 15 is 0 Å². The number of likely N-dealkylation sites (tertiary alicyclic amines) is 1. The van der Waals surface area contributed by atoms with Crippen molar-refractivity contribution in [3.05, 3.63) is 69.2 Å².